The largest absolute Gasteiger partial charge is 0.396 e. The van der Waals surface area contributed by atoms with Crippen LogP contribution in [0.4, 0.5) is 11.5 Å². The van der Waals surface area contributed by atoms with Gasteiger partial charge in [0.2, 0.25) is 5.82 Å². The fourth-order valence-electron chi connectivity index (χ4n) is 3.21. The topological polar surface area (TPSA) is 84.4 Å². The Balaban J connectivity index is 2.35. The first-order valence-electron chi connectivity index (χ1n) is 7.67. The minimum atomic E-state index is -0.297. The third-order valence-corrected chi connectivity index (χ3v) is 4.08. The zero-order chi connectivity index (χ0) is 15.4. The van der Waals surface area contributed by atoms with E-state index in [9.17, 15) is 10.1 Å². The van der Waals surface area contributed by atoms with Crippen molar-refractivity contribution in [3.63, 3.8) is 0 Å². The molecule has 1 unspecified atom stereocenters. The summed E-state index contributed by atoms with van der Waals surface area (Å²) in [5.74, 6) is 0.629. The van der Waals surface area contributed by atoms with Gasteiger partial charge in [-0.2, -0.15) is 5.10 Å². The molecule has 2 heterocycles. The summed E-state index contributed by atoms with van der Waals surface area (Å²) in [6.45, 7) is 2.99. The Morgan fingerprint density at radius 3 is 2.90 bits per heavy atom. The van der Waals surface area contributed by atoms with Crippen molar-refractivity contribution in [2.45, 2.75) is 51.5 Å². The monoisotopic (exact) mass is 296 g/mol. The summed E-state index contributed by atoms with van der Waals surface area (Å²) >= 11 is 0. The summed E-state index contributed by atoms with van der Waals surface area (Å²) in [4.78, 5) is 13.3. The normalized spacial score (nSPS) is 18.4. The second-order valence-corrected chi connectivity index (χ2v) is 5.60. The number of rotatable bonds is 7. The first-order valence-corrected chi connectivity index (χ1v) is 7.67. The molecule has 0 spiro atoms. The first kappa shape index (κ1) is 15.8. The smallest absolute Gasteiger partial charge is 0.334 e. The number of anilines is 1. The minimum absolute atomic E-state index is 0.162. The zero-order valence-electron chi connectivity index (χ0n) is 12.8. The van der Waals surface area contributed by atoms with E-state index in [2.05, 4.69) is 10.00 Å². The summed E-state index contributed by atoms with van der Waals surface area (Å²) in [7, 11) is 1.78. The van der Waals surface area contributed by atoms with Crippen LogP contribution in [0.5, 0.6) is 0 Å². The predicted molar refractivity (Wildman–Crippen MR) is 80.5 cm³/mol. The third-order valence-electron chi connectivity index (χ3n) is 4.08. The van der Waals surface area contributed by atoms with E-state index < -0.39 is 0 Å². The highest BCUT2D eigenvalue weighted by molar-refractivity contribution is 5.62. The average molecular weight is 296 g/mol. The molecule has 0 aliphatic carbocycles. The summed E-state index contributed by atoms with van der Waals surface area (Å²) in [6.07, 6.45) is 5.11. The number of hydrogen-bond donors (Lipinski definition) is 1. The van der Waals surface area contributed by atoms with Crippen molar-refractivity contribution in [2.24, 2.45) is 7.05 Å². The van der Waals surface area contributed by atoms with Gasteiger partial charge in [-0.15, -0.1) is 0 Å². The lowest BCUT2D eigenvalue weighted by Crippen LogP contribution is -2.31. The van der Waals surface area contributed by atoms with E-state index in [1.807, 2.05) is 6.92 Å². The Morgan fingerprint density at radius 2 is 2.29 bits per heavy atom. The van der Waals surface area contributed by atoms with Gasteiger partial charge in [0, 0.05) is 26.2 Å². The number of hydrogen-bond acceptors (Lipinski definition) is 5. The first-order chi connectivity index (χ1) is 10.1. The average Bonchev–Trinajstić information content (AvgIpc) is 3.00. The number of nitro groups is 1. The molecule has 1 N–H and O–H groups in total. The van der Waals surface area contributed by atoms with Crippen LogP contribution in [-0.4, -0.2) is 39.0 Å². The molecule has 0 saturated carbocycles. The molecule has 118 valence electrons. The Hall–Kier alpha value is -1.63. The number of aromatic nitrogens is 2. The highest BCUT2D eigenvalue weighted by Gasteiger charge is 2.35. The molecule has 2 rings (SSSR count). The zero-order valence-corrected chi connectivity index (χ0v) is 12.8. The van der Waals surface area contributed by atoms with E-state index in [1.54, 1.807) is 11.7 Å². The van der Waals surface area contributed by atoms with Crippen molar-refractivity contribution < 1.29 is 10.0 Å². The highest BCUT2D eigenvalue weighted by atomic mass is 16.6. The van der Waals surface area contributed by atoms with Gasteiger partial charge in [0.15, 0.2) is 0 Å². The second kappa shape index (κ2) is 6.89. The van der Waals surface area contributed by atoms with Crippen LogP contribution in [0.25, 0.3) is 0 Å². The van der Waals surface area contributed by atoms with Crippen LogP contribution in [0.15, 0.2) is 0 Å². The predicted octanol–water partition coefficient (Wildman–Crippen LogP) is 2.02. The van der Waals surface area contributed by atoms with Crippen LogP contribution in [0, 0.1) is 10.1 Å². The molecule has 1 atom stereocenters. The van der Waals surface area contributed by atoms with Crippen LogP contribution in [0.1, 0.15) is 44.7 Å². The number of aliphatic hydroxyl groups excluding tert-OH is 1. The van der Waals surface area contributed by atoms with Gasteiger partial charge in [0.25, 0.3) is 0 Å². The number of aryl methyl sites for hydroxylation is 2. The molecule has 7 nitrogen and oxygen atoms in total. The molecule has 1 aliphatic rings. The maximum absolute atomic E-state index is 11.5. The molecular weight excluding hydrogens is 272 g/mol. The van der Waals surface area contributed by atoms with Gasteiger partial charge >= 0.3 is 5.69 Å². The minimum Gasteiger partial charge on any atom is -0.396 e. The van der Waals surface area contributed by atoms with Gasteiger partial charge < -0.3 is 10.0 Å². The van der Waals surface area contributed by atoms with Gasteiger partial charge in [-0.3, -0.25) is 10.1 Å². The molecule has 0 amide bonds. The molecule has 1 fully saturated rings. The maximum atomic E-state index is 11.5. The maximum Gasteiger partial charge on any atom is 0.334 e. The molecule has 1 aromatic heterocycles. The van der Waals surface area contributed by atoms with Crippen LogP contribution < -0.4 is 4.90 Å². The number of aliphatic hydroxyl groups is 1. The van der Waals surface area contributed by atoms with E-state index in [-0.39, 0.29) is 23.3 Å². The van der Waals surface area contributed by atoms with E-state index in [0.717, 1.165) is 38.6 Å². The molecule has 1 aliphatic heterocycles. The standard InChI is InChI=1S/C14H24N4O3/c1-3-6-12-13(18(20)21)14(16(2)15-12)17-9-4-7-11(17)8-5-10-19/h11,19H,3-10H2,1-2H3. The molecule has 1 aromatic rings. The van der Waals surface area contributed by atoms with Crippen LogP contribution in [0.2, 0.25) is 0 Å². The quantitative estimate of drug-likeness (QED) is 0.614. The summed E-state index contributed by atoms with van der Waals surface area (Å²) in [5.41, 5.74) is 0.739. The lowest BCUT2D eigenvalue weighted by Gasteiger charge is -2.25. The van der Waals surface area contributed by atoms with Crippen molar-refractivity contribution in [3.05, 3.63) is 15.8 Å². The van der Waals surface area contributed by atoms with Gasteiger partial charge in [-0.1, -0.05) is 13.3 Å². The molecular formula is C14H24N4O3. The van der Waals surface area contributed by atoms with Crippen LogP contribution in [0.3, 0.4) is 0 Å². The Kier molecular flexibility index (Phi) is 5.17. The lowest BCUT2D eigenvalue weighted by atomic mass is 10.1. The molecule has 0 aromatic carbocycles. The molecule has 21 heavy (non-hydrogen) atoms. The van der Waals surface area contributed by atoms with Crippen molar-refractivity contribution in [1.29, 1.82) is 0 Å². The van der Waals surface area contributed by atoms with Gasteiger partial charge in [-0.25, -0.2) is 4.68 Å². The van der Waals surface area contributed by atoms with Gasteiger partial charge in [0.05, 0.1) is 4.92 Å². The SMILES string of the molecule is CCCc1nn(C)c(N2CCCC2CCCO)c1[N+](=O)[O-]. The Labute approximate surface area is 124 Å². The Morgan fingerprint density at radius 1 is 1.52 bits per heavy atom. The van der Waals surface area contributed by atoms with Crippen LogP contribution >= 0.6 is 0 Å². The molecule has 0 bridgehead atoms. The molecule has 1 saturated heterocycles. The van der Waals surface area contributed by atoms with Crippen molar-refractivity contribution in [1.82, 2.24) is 9.78 Å². The van der Waals surface area contributed by atoms with E-state index in [1.165, 1.54) is 0 Å². The van der Waals surface area contributed by atoms with Gasteiger partial charge in [-0.05, 0) is 32.1 Å². The number of nitrogens with zero attached hydrogens (tertiary/aromatic N) is 4. The third kappa shape index (κ3) is 3.18. The van der Waals surface area contributed by atoms with Gasteiger partial charge in [0.1, 0.15) is 5.69 Å². The fraction of sp³-hybridized carbons (Fsp3) is 0.786. The summed E-state index contributed by atoms with van der Waals surface area (Å²) < 4.78 is 1.65. The Bertz CT molecular complexity index is 501. The van der Waals surface area contributed by atoms with E-state index in [0.29, 0.717) is 17.9 Å². The van der Waals surface area contributed by atoms with Crippen LogP contribution in [-0.2, 0) is 13.5 Å². The summed E-state index contributed by atoms with van der Waals surface area (Å²) in [6, 6.07) is 0.265. The van der Waals surface area contributed by atoms with Crippen molar-refractivity contribution in [2.75, 3.05) is 18.1 Å². The van der Waals surface area contributed by atoms with Crippen molar-refractivity contribution >= 4 is 11.5 Å². The van der Waals surface area contributed by atoms with E-state index >= 15 is 0 Å². The molecule has 7 heteroatoms. The molecule has 0 radical (unpaired) electrons. The van der Waals surface area contributed by atoms with Crippen molar-refractivity contribution in [3.8, 4) is 0 Å². The lowest BCUT2D eigenvalue weighted by molar-refractivity contribution is -0.384. The van der Waals surface area contributed by atoms with E-state index in [4.69, 9.17) is 5.11 Å². The highest BCUT2D eigenvalue weighted by Crippen LogP contribution is 2.37. The second-order valence-electron chi connectivity index (χ2n) is 5.60. The summed E-state index contributed by atoms with van der Waals surface area (Å²) in [5, 5.41) is 24.9. The fourth-order valence-corrected chi connectivity index (χ4v) is 3.21.